The van der Waals surface area contributed by atoms with Crippen molar-refractivity contribution in [3.8, 4) is 0 Å². The summed E-state index contributed by atoms with van der Waals surface area (Å²) in [6.07, 6.45) is 0.730. The molecule has 3 aliphatic heterocycles. The van der Waals surface area contributed by atoms with Gasteiger partial charge in [0.2, 0.25) is 17.7 Å². The van der Waals surface area contributed by atoms with Crippen molar-refractivity contribution in [3.63, 3.8) is 0 Å². The molecule has 35 heavy (non-hydrogen) atoms. The molecule has 3 fully saturated rings. The van der Waals surface area contributed by atoms with Crippen LogP contribution in [0.1, 0.15) is 33.6 Å². The van der Waals surface area contributed by atoms with Gasteiger partial charge in [0.1, 0.15) is 11.6 Å². The molecule has 0 saturated carbocycles. The second-order valence-electron chi connectivity index (χ2n) is 9.42. The van der Waals surface area contributed by atoms with E-state index in [9.17, 15) is 19.5 Å². The molecule has 4 rings (SSSR count). The summed E-state index contributed by atoms with van der Waals surface area (Å²) < 4.78 is 6.39. The monoisotopic (exact) mass is 550 g/mol. The highest BCUT2D eigenvalue weighted by atomic mass is 79.9. The van der Waals surface area contributed by atoms with Gasteiger partial charge in [-0.15, -0.1) is 0 Å². The molecule has 3 N–H and O–H groups in total. The van der Waals surface area contributed by atoms with Crippen LogP contribution in [0.25, 0.3) is 0 Å². The molecule has 2 bridgehead atoms. The Balaban J connectivity index is 1.62. The number of aliphatic hydroxyl groups is 1. The zero-order chi connectivity index (χ0) is 25.3. The number of ether oxygens (including phenoxy) is 1. The molecule has 6 atom stereocenters. The van der Waals surface area contributed by atoms with E-state index in [4.69, 9.17) is 4.74 Å². The Morgan fingerprint density at radius 3 is 2.49 bits per heavy atom. The smallest absolute Gasteiger partial charge is 0.250 e. The molecular formula is C25H35BrN4O5. The summed E-state index contributed by atoms with van der Waals surface area (Å²) in [7, 11) is 0. The van der Waals surface area contributed by atoms with Crippen molar-refractivity contribution in [2.24, 2.45) is 11.8 Å². The van der Waals surface area contributed by atoms with Crippen LogP contribution in [0.2, 0.25) is 0 Å². The third kappa shape index (κ3) is 4.34. The van der Waals surface area contributed by atoms with E-state index in [1.807, 2.05) is 31.2 Å². The van der Waals surface area contributed by atoms with Gasteiger partial charge in [-0.05, 0) is 51.0 Å². The summed E-state index contributed by atoms with van der Waals surface area (Å²) in [6, 6.07) is 6.65. The molecule has 1 spiro atoms. The number of carbonyl (C=O) groups excluding carboxylic acids is 3. The zero-order valence-corrected chi connectivity index (χ0v) is 22.1. The number of nitrogens with one attached hydrogen (secondary N) is 2. The van der Waals surface area contributed by atoms with Crippen molar-refractivity contribution in [2.75, 3.05) is 43.0 Å². The molecule has 0 aliphatic carbocycles. The van der Waals surface area contributed by atoms with E-state index in [2.05, 4.69) is 45.3 Å². The molecule has 3 aliphatic rings. The SMILES string of the molecule is CCCNC(=O)[C@H]1[C@@H]2OC3(CC2Br)C(C(=O)Nc2ccc(N(CC)CC)cc2)N(CCO)C(=O)[C@H]13. The normalized spacial score (nSPS) is 30.9. The minimum absolute atomic E-state index is 0.000343. The number of amides is 3. The topological polar surface area (TPSA) is 111 Å². The Bertz CT molecular complexity index is 956. The first-order valence-electron chi connectivity index (χ1n) is 12.5. The molecule has 1 aromatic rings. The number of hydrogen-bond donors (Lipinski definition) is 3. The van der Waals surface area contributed by atoms with Crippen LogP contribution >= 0.6 is 15.9 Å². The number of rotatable bonds is 10. The molecular weight excluding hydrogens is 516 g/mol. The predicted molar refractivity (Wildman–Crippen MR) is 136 cm³/mol. The maximum atomic E-state index is 13.7. The summed E-state index contributed by atoms with van der Waals surface area (Å²) in [6.45, 7) is 8.13. The summed E-state index contributed by atoms with van der Waals surface area (Å²) in [5.74, 6) is -2.35. The number of β-amino-alcohol motifs (C(OH)–C–C–N with tert-alkyl or cyclic N) is 1. The minimum Gasteiger partial charge on any atom is -0.395 e. The molecule has 9 nitrogen and oxygen atoms in total. The van der Waals surface area contributed by atoms with Crippen LogP contribution in [0.5, 0.6) is 0 Å². The Labute approximate surface area is 214 Å². The first-order valence-corrected chi connectivity index (χ1v) is 13.4. The average molecular weight is 551 g/mol. The number of likely N-dealkylation sites (tertiary alicyclic amines) is 1. The molecule has 3 heterocycles. The molecule has 192 valence electrons. The number of aliphatic hydroxyl groups excluding tert-OH is 1. The largest absolute Gasteiger partial charge is 0.395 e. The summed E-state index contributed by atoms with van der Waals surface area (Å²) >= 11 is 3.64. The second-order valence-corrected chi connectivity index (χ2v) is 10.6. The minimum atomic E-state index is -1.12. The molecule has 0 aromatic heterocycles. The van der Waals surface area contributed by atoms with Crippen molar-refractivity contribution in [1.29, 1.82) is 0 Å². The average Bonchev–Trinajstić information content (AvgIpc) is 3.43. The molecule has 0 radical (unpaired) electrons. The number of anilines is 2. The van der Waals surface area contributed by atoms with Crippen LogP contribution < -0.4 is 15.5 Å². The highest BCUT2D eigenvalue weighted by Crippen LogP contribution is 2.60. The van der Waals surface area contributed by atoms with Gasteiger partial charge in [0.05, 0.1) is 24.5 Å². The standard InChI is InChI=1S/C25H35BrN4O5/c1-4-11-27-22(32)18-19-24(34)30(12-13-31)21(25(19)14-17(26)20(18)35-25)23(33)28-15-7-9-16(10-8-15)29(5-2)6-3/h7-10,17-21,31H,4-6,11-14H2,1-3H3,(H,27,32)(H,28,33)/t17?,18-,19+,20-,21?,25?/m1/s1. The molecule has 3 saturated heterocycles. The number of carbonyl (C=O) groups is 3. The summed E-state index contributed by atoms with van der Waals surface area (Å²) in [5, 5.41) is 15.5. The van der Waals surface area contributed by atoms with Gasteiger partial charge in [0.25, 0.3) is 0 Å². The summed E-state index contributed by atoms with van der Waals surface area (Å²) in [5.41, 5.74) is 0.553. The van der Waals surface area contributed by atoms with Crippen molar-refractivity contribution in [2.45, 2.75) is 56.2 Å². The highest BCUT2D eigenvalue weighted by molar-refractivity contribution is 9.09. The fourth-order valence-electron chi connectivity index (χ4n) is 6.00. The molecule has 3 unspecified atom stereocenters. The van der Waals surface area contributed by atoms with E-state index in [1.54, 1.807) is 0 Å². The van der Waals surface area contributed by atoms with Crippen LogP contribution in [-0.4, -0.2) is 83.1 Å². The van der Waals surface area contributed by atoms with Gasteiger partial charge in [-0.2, -0.15) is 0 Å². The predicted octanol–water partition coefficient (Wildman–Crippen LogP) is 1.74. The van der Waals surface area contributed by atoms with E-state index in [0.717, 1.165) is 25.2 Å². The van der Waals surface area contributed by atoms with Crippen LogP contribution in [0.3, 0.4) is 0 Å². The van der Waals surface area contributed by atoms with Crippen LogP contribution in [-0.2, 0) is 19.1 Å². The van der Waals surface area contributed by atoms with Crippen LogP contribution in [0.15, 0.2) is 24.3 Å². The van der Waals surface area contributed by atoms with Crippen molar-refractivity contribution < 1.29 is 24.2 Å². The lowest BCUT2D eigenvalue weighted by Gasteiger charge is -2.34. The van der Waals surface area contributed by atoms with Gasteiger partial charge >= 0.3 is 0 Å². The lowest BCUT2D eigenvalue weighted by molar-refractivity contribution is -0.141. The second kappa shape index (κ2) is 10.4. The Morgan fingerprint density at radius 2 is 1.89 bits per heavy atom. The number of fused-ring (bicyclic) bond motifs is 1. The Hall–Kier alpha value is -2.17. The number of hydrogen-bond acceptors (Lipinski definition) is 6. The van der Waals surface area contributed by atoms with Crippen molar-refractivity contribution >= 4 is 45.0 Å². The third-order valence-corrected chi connectivity index (χ3v) is 8.34. The molecule has 1 aromatic carbocycles. The van der Waals surface area contributed by atoms with Crippen molar-refractivity contribution in [3.05, 3.63) is 24.3 Å². The maximum absolute atomic E-state index is 13.7. The van der Waals surface area contributed by atoms with Gasteiger partial charge in [-0.1, -0.05) is 22.9 Å². The lowest BCUT2D eigenvalue weighted by atomic mass is 9.70. The summed E-state index contributed by atoms with van der Waals surface area (Å²) in [4.78, 5) is 43.7. The van der Waals surface area contributed by atoms with E-state index in [1.165, 1.54) is 4.90 Å². The fourth-order valence-corrected chi connectivity index (χ4v) is 6.94. The number of halogens is 1. The lowest BCUT2D eigenvalue weighted by Crippen LogP contribution is -2.54. The van der Waals surface area contributed by atoms with Gasteiger partial charge in [0, 0.05) is 42.4 Å². The van der Waals surface area contributed by atoms with Gasteiger partial charge in [-0.3, -0.25) is 14.4 Å². The Kier molecular flexibility index (Phi) is 7.73. The van der Waals surface area contributed by atoms with E-state index < -0.39 is 29.6 Å². The van der Waals surface area contributed by atoms with E-state index in [0.29, 0.717) is 18.7 Å². The quantitative estimate of drug-likeness (QED) is 0.382. The molecule has 10 heteroatoms. The van der Waals surface area contributed by atoms with Gasteiger partial charge in [-0.25, -0.2) is 0 Å². The van der Waals surface area contributed by atoms with E-state index >= 15 is 0 Å². The van der Waals surface area contributed by atoms with Crippen molar-refractivity contribution in [1.82, 2.24) is 10.2 Å². The van der Waals surface area contributed by atoms with E-state index in [-0.39, 0.29) is 35.7 Å². The van der Waals surface area contributed by atoms with Gasteiger partial charge < -0.3 is 30.3 Å². The number of nitrogens with zero attached hydrogens (tertiary/aromatic N) is 2. The van der Waals surface area contributed by atoms with Gasteiger partial charge in [0.15, 0.2) is 0 Å². The fraction of sp³-hybridized carbons (Fsp3) is 0.640. The zero-order valence-electron chi connectivity index (χ0n) is 20.5. The Morgan fingerprint density at radius 1 is 1.20 bits per heavy atom. The number of benzene rings is 1. The molecule has 3 amide bonds. The highest BCUT2D eigenvalue weighted by Gasteiger charge is 2.76. The first-order chi connectivity index (χ1) is 16.8. The van der Waals surface area contributed by atoms with Crippen LogP contribution in [0, 0.1) is 11.8 Å². The third-order valence-electron chi connectivity index (χ3n) is 7.49. The maximum Gasteiger partial charge on any atom is 0.250 e. The van der Waals surface area contributed by atoms with Crippen LogP contribution in [0.4, 0.5) is 11.4 Å². The number of alkyl halides is 1. The first kappa shape index (κ1) is 25.9.